The molecular weight excluding hydrogens is 264 g/mol. The zero-order chi connectivity index (χ0) is 14.2. The maximum atomic E-state index is 6.23. The van der Waals surface area contributed by atoms with Gasteiger partial charge in [-0.05, 0) is 20.8 Å². The van der Waals surface area contributed by atoms with Gasteiger partial charge in [0.2, 0.25) is 0 Å². The summed E-state index contributed by atoms with van der Waals surface area (Å²) in [5.74, 6) is 2.24. The van der Waals surface area contributed by atoms with Crippen molar-refractivity contribution in [2.24, 2.45) is 0 Å². The molecule has 4 nitrogen and oxygen atoms in total. The van der Waals surface area contributed by atoms with Crippen molar-refractivity contribution in [3.63, 3.8) is 0 Å². The van der Waals surface area contributed by atoms with Gasteiger partial charge in [-0.1, -0.05) is 0 Å². The summed E-state index contributed by atoms with van der Waals surface area (Å²) in [5, 5.41) is -0.146. The molecule has 1 heterocycles. The van der Waals surface area contributed by atoms with Crippen LogP contribution in [0, 0.1) is 0 Å². The lowest BCUT2D eigenvalue weighted by Gasteiger charge is -2.15. The van der Waals surface area contributed by atoms with Crippen molar-refractivity contribution in [3.8, 4) is 11.5 Å². The summed E-state index contributed by atoms with van der Waals surface area (Å²) in [6.07, 6.45) is 0. The van der Waals surface area contributed by atoms with Crippen LogP contribution in [0.25, 0.3) is 11.0 Å². The van der Waals surface area contributed by atoms with Crippen LogP contribution in [0.2, 0.25) is 0 Å². The van der Waals surface area contributed by atoms with Gasteiger partial charge in [-0.25, -0.2) is 4.98 Å². The van der Waals surface area contributed by atoms with Gasteiger partial charge in [-0.3, -0.25) is 0 Å². The standard InChI is InChI=1S/C14H19ClN2O2/c1-8(2)17-11-7-13(19-5)12(18-4)6-10(11)16-14(17)9(3)15/h6-9H,1-5H3. The minimum atomic E-state index is -0.146. The normalized spacial score (nSPS) is 13.0. The van der Waals surface area contributed by atoms with Crippen LogP contribution in [-0.4, -0.2) is 23.8 Å². The molecule has 2 rings (SSSR count). The number of hydrogen-bond donors (Lipinski definition) is 0. The van der Waals surface area contributed by atoms with Gasteiger partial charge in [0, 0.05) is 18.2 Å². The van der Waals surface area contributed by atoms with Crippen LogP contribution in [0.1, 0.15) is 38.0 Å². The van der Waals surface area contributed by atoms with Gasteiger partial charge in [0.1, 0.15) is 5.82 Å². The number of alkyl halides is 1. The number of rotatable bonds is 4. The summed E-state index contributed by atoms with van der Waals surface area (Å²) in [6.45, 7) is 6.15. The van der Waals surface area contributed by atoms with Crippen molar-refractivity contribution in [2.45, 2.75) is 32.2 Å². The highest BCUT2D eigenvalue weighted by Gasteiger charge is 2.19. The van der Waals surface area contributed by atoms with E-state index < -0.39 is 0 Å². The number of halogens is 1. The molecule has 1 aromatic heterocycles. The summed E-state index contributed by atoms with van der Waals surface area (Å²) in [5.41, 5.74) is 1.88. The summed E-state index contributed by atoms with van der Waals surface area (Å²) in [7, 11) is 3.25. The summed E-state index contributed by atoms with van der Waals surface area (Å²) in [6, 6.07) is 4.11. The SMILES string of the molecule is COc1cc2nc(C(C)Cl)n(C(C)C)c2cc1OC. The molecule has 0 fully saturated rings. The maximum absolute atomic E-state index is 6.23. The zero-order valence-corrected chi connectivity index (χ0v) is 12.7. The van der Waals surface area contributed by atoms with Crippen LogP contribution in [0.3, 0.4) is 0 Å². The molecule has 0 aliphatic carbocycles. The Morgan fingerprint density at radius 3 is 2.16 bits per heavy atom. The van der Waals surface area contributed by atoms with Gasteiger partial charge < -0.3 is 14.0 Å². The van der Waals surface area contributed by atoms with E-state index in [-0.39, 0.29) is 11.4 Å². The molecule has 19 heavy (non-hydrogen) atoms. The van der Waals surface area contributed by atoms with E-state index >= 15 is 0 Å². The van der Waals surface area contributed by atoms with E-state index in [0.717, 1.165) is 16.9 Å². The van der Waals surface area contributed by atoms with Crippen LogP contribution >= 0.6 is 11.6 Å². The predicted molar refractivity (Wildman–Crippen MR) is 77.5 cm³/mol. The minimum Gasteiger partial charge on any atom is -0.493 e. The molecule has 0 aliphatic heterocycles. The molecule has 0 amide bonds. The van der Waals surface area contributed by atoms with Crippen molar-refractivity contribution in [2.75, 3.05) is 14.2 Å². The van der Waals surface area contributed by atoms with Gasteiger partial charge in [0.05, 0.1) is 30.6 Å². The second-order valence-corrected chi connectivity index (χ2v) is 5.40. The molecule has 1 unspecified atom stereocenters. The van der Waals surface area contributed by atoms with Crippen LogP contribution in [0.15, 0.2) is 12.1 Å². The van der Waals surface area contributed by atoms with Crippen molar-refractivity contribution in [1.29, 1.82) is 0 Å². The number of ether oxygens (including phenoxy) is 2. The number of aromatic nitrogens is 2. The average molecular weight is 283 g/mol. The van der Waals surface area contributed by atoms with Crippen molar-refractivity contribution in [3.05, 3.63) is 18.0 Å². The van der Waals surface area contributed by atoms with Gasteiger partial charge in [0.25, 0.3) is 0 Å². The van der Waals surface area contributed by atoms with E-state index in [1.807, 2.05) is 19.1 Å². The largest absolute Gasteiger partial charge is 0.493 e. The fourth-order valence-corrected chi connectivity index (χ4v) is 2.42. The van der Waals surface area contributed by atoms with Gasteiger partial charge >= 0.3 is 0 Å². The van der Waals surface area contributed by atoms with Crippen LogP contribution in [0.4, 0.5) is 0 Å². The second kappa shape index (κ2) is 5.29. The third kappa shape index (κ3) is 2.37. The molecular formula is C14H19ClN2O2. The molecule has 0 aliphatic rings. The molecule has 2 aromatic rings. The number of nitrogens with zero attached hydrogens (tertiary/aromatic N) is 2. The molecule has 104 valence electrons. The van der Waals surface area contributed by atoms with Crippen LogP contribution in [0.5, 0.6) is 11.5 Å². The highest BCUT2D eigenvalue weighted by molar-refractivity contribution is 6.20. The van der Waals surface area contributed by atoms with Crippen molar-refractivity contribution >= 4 is 22.6 Å². The predicted octanol–water partition coefficient (Wildman–Crippen LogP) is 3.93. The Kier molecular flexibility index (Phi) is 3.90. The quantitative estimate of drug-likeness (QED) is 0.797. The first-order valence-corrected chi connectivity index (χ1v) is 6.71. The number of imidazole rings is 1. The molecule has 0 bridgehead atoms. The van der Waals surface area contributed by atoms with Gasteiger partial charge in [-0.2, -0.15) is 0 Å². The van der Waals surface area contributed by atoms with Gasteiger partial charge in [0.15, 0.2) is 11.5 Å². The van der Waals surface area contributed by atoms with E-state index in [1.165, 1.54) is 0 Å². The van der Waals surface area contributed by atoms with Crippen LogP contribution < -0.4 is 9.47 Å². The Bertz CT molecular complexity index is 591. The monoisotopic (exact) mass is 282 g/mol. The lowest BCUT2D eigenvalue weighted by atomic mass is 10.2. The Balaban J connectivity index is 2.77. The minimum absolute atomic E-state index is 0.146. The molecule has 5 heteroatoms. The molecule has 1 aromatic carbocycles. The van der Waals surface area contributed by atoms with Crippen LogP contribution in [-0.2, 0) is 0 Å². The summed E-state index contributed by atoms with van der Waals surface area (Å²) >= 11 is 6.23. The Morgan fingerprint density at radius 1 is 1.11 bits per heavy atom. The molecule has 0 N–H and O–H groups in total. The Labute approximate surface area is 118 Å². The molecule has 0 radical (unpaired) electrons. The fourth-order valence-electron chi connectivity index (χ4n) is 2.26. The first-order valence-electron chi connectivity index (χ1n) is 6.27. The number of methoxy groups -OCH3 is 2. The fraction of sp³-hybridized carbons (Fsp3) is 0.500. The smallest absolute Gasteiger partial charge is 0.163 e. The Hall–Kier alpha value is -1.42. The molecule has 0 saturated carbocycles. The first-order chi connectivity index (χ1) is 8.99. The molecule has 0 spiro atoms. The number of fused-ring (bicyclic) bond motifs is 1. The lowest BCUT2D eigenvalue weighted by molar-refractivity contribution is 0.355. The van der Waals surface area contributed by atoms with Crippen molar-refractivity contribution < 1.29 is 9.47 Å². The summed E-state index contributed by atoms with van der Waals surface area (Å²) in [4.78, 5) is 4.61. The zero-order valence-electron chi connectivity index (χ0n) is 11.9. The van der Waals surface area contributed by atoms with Crippen molar-refractivity contribution in [1.82, 2.24) is 9.55 Å². The molecule has 0 saturated heterocycles. The average Bonchev–Trinajstić information content (AvgIpc) is 2.75. The maximum Gasteiger partial charge on any atom is 0.163 e. The van der Waals surface area contributed by atoms with Gasteiger partial charge in [-0.15, -0.1) is 11.6 Å². The van der Waals surface area contributed by atoms with E-state index in [4.69, 9.17) is 21.1 Å². The summed E-state index contributed by atoms with van der Waals surface area (Å²) < 4.78 is 12.8. The van der Waals surface area contributed by atoms with E-state index in [1.54, 1.807) is 14.2 Å². The highest BCUT2D eigenvalue weighted by Crippen LogP contribution is 2.35. The number of benzene rings is 1. The third-order valence-electron chi connectivity index (χ3n) is 3.09. The first kappa shape index (κ1) is 14.0. The molecule has 1 atom stereocenters. The highest BCUT2D eigenvalue weighted by atomic mass is 35.5. The topological polar surface area (TPSA) is 36.3 Å². The second-order valence-electron chi connectivity index (χ2n) is 4.75. The lowest BCUT2D eigenvalue weighted by Crippen LogP contribution is -2.06. The van der Waals surface area contributed by atoms with E-state index in [0.29, 0.717) is 11.5 Å². The van der Waals surface area contributed by atoms with E-state index in [9.17, 15) is 0 Å². The third-order valence-corrected chi connectivity index (χ3v) is 3.29. The Morgan fingerprint density at radius 2 is 1.68 bits per heavy atom. The number of hydrogen-bond acceptors (Lipinski definition) is 3. The van der Waals surface area contributed by atoms with E-state index in [2.05, 4.69) is 23.4 Å².